The fourth-order valence-electron chi connectivity index (χ4n) is 2.45. The highest BCUT2D eigenvalue weighted by molar-refractivity contribution is 6.35. The maximum atomic E-state index is 14.7. The molecule has 3 aromatic rings. The fourth-order valence-corrected chi connectivity index (χ4v) is 2.87. The summed E-state index contributed by atoms with van der Waals surface area (Å²) in [6.45, 7) is 0.418. The minimum atomic E-state index is -0.724. The number of hydrogen-bond donors (Lipinski definition) is 1. The molecule has 2 aromatic carbocycles. The van der Waals surface area contributed by atoms with E-state index in [4.69, 9.17) is 27.9 Å². The van der Waals surface area contributed by atoms with E-state index < -0.39 is 5.82 Å². The number of aromatic nitrogens is 2. The van der Waals surface area contributed by atoms with Crippen LogP contribution in [0, 0.1) is 5.82 Å². The average Bonchev–Trinajstić information content (AvgIpc) is 2.68. The van der Waals surface area contributed by atoms with E-state index >= 15 is 0 Å². The van der Waals surface area contributed by atoms with Crippen molar-refractivity contribution in [2.24, 2.45) is 0 Å². The van der Waals surface area contributed by atoms with E-state index in [0.717, 1.165) is 5.56 Å². The van der Waals surface area contributed by atoms with Crippen molar-refractivity contribution in [2.45, 2.75) is 6.54 Å². The molecule has 8 heteroatoms. The van der Waals surface area contributed by atoms with Gasteiger partial charge in [-0.05, 0) is 17.7 Å². The Morgan fingerprint density at radius 3 is 2.56 bits per heavy atom. The number of carbonyl (C=O) groups excluding carboxylic acids is 1. The summed E-state index contributed by atoms with van der Waals surface area (Å²) in [5.41, 5.74) is 0.977. The van der Waals surface area contributed by atoms with E-state index in [9.17, 15) is 9.18 Å². The highest BCUT2D eigenvalue weighted by atomic mass is 35.5. The molecule has 0 aliphatic carbocycles. The number of anilines is 1. The number of nitrogens with one attached hydrogen (secondary N) is 1. The topological polar surface area (TPSA) is 64.1 Å². The molecule has 138 valence electrons. The van der Waals surface area contributed by atoms with Gasteiger partial charge >= 0.3 is 0 Å². The Bertz CT molecular complexity index is 984. The quantitative estimate of drug-likeness (QED) is 0.583. The number of aldehydes is 1. The third-order valence-electron chi connectivity index (χ3n) is 3.79. The van der Waals surface area contributed by atoms with E-state index in [2.05, 4.69) is 15.3 Å². The molecule has 0 radical (unpaired) electrons. The summed E-state index contributed by atoms with van der Waals surface area (Å²) in [5.74, 6) is -0.636. The molecule has 0 saturated heterocycles. The summed E-state index contributed by atoms with van der Waals surface area (Å²) < 4.78 is 19.7. The number of halogens is 3. The van der Waals surface area contributed by atoms with Gasteiger partial charge in [-0.15, -0.1) is 0 Å². The Labute approximate surface area is 165 Å². The van der Waals surface area contributed by atoms with Gasteiger partial charge in [0.25, 0.3) is 0 Å². The zero-order valence-electron chi connectivity index (χ0n) is 14.2. The van der Waals surface area contributed by atoms with Gasteiger partial charge in [0, 0.05) is 6.54 Å². The largest absolute Gasteiger partial charge is 0.492 e. The first-order valence-electron chi connectivity index (χ1n) is 7.88. The van der Waals surface area contributed by atoms with Crippen LogP contribution in [-0.2, 0) is 6.54 Å². The van der Waals surface area contributed by atoms with Gasteiger partial charge in [-0.2, -0.15) is 0 Å². The molecular formula is C19H14Cl2FN3O2. The van der Waals surface area contributed by atoms with Crippen LogP contribution < -0.4 is 10.1 Å². The molecule has 27 heavy (non-hydrogen) atoms. The Hall–Kier alpha value is -2.70. The number of ether oxygens (including phenoxy) is 1. The van der Waals surface area contributed by atoms with Crippen LogP contribution in [0.3, 0.4) is 0 Å². The molecule has 0 saturated carbocycles. The first kappa shape index (κ1) is 19.1. The Morgan fingerprint density at radius 2 is 1.89 bits per heavy atom. The van der Waals surface area contributed by atoms with Crippen LogP contribution in [-0.4, -0.2) is 23.4 Å². The summed E-state index contributed by atoms with van der Waals surface area (Å²) >= 11 is 12.1. The van der Waals surface area contributed by atoms with Crippen molar-refractivity contribution in [1.82, 2.24) is 9.97 Å². The number of nitrogens with zero attached hydrogens (tertiary/aromatic N) is 2. The monoisotopic (exact) mass is 405 g/mol. The lowest BCUT2D eigenvalue weighted by Crippen LogP contribution is -2.07. The standard InChI is InChI=1S/C19H14Cl2FN3O2/c1-27-17-13(20)8-7-12(16(17)22)18-24-14(10-26)15(21)19(25-18)23-9-11-5-3-2-4-6-11/h2-8,10H,9H2,1H3,(H,23,24,25). The van der Waals surface area contributed by atoms with Gasteiger partial charge in [-0.3, -0.25) is 4.79 Å². The number of rotatable bonds is 6. The smallest absolute Gasteiger partial charge is 0.177 e. The van der Waals surface area contributed by atoms with Crippen molar-refractivity contribution in [3.63, 3.8) is 0 Å². The third-order valence-corrected chi connectivity index (χ3v) is 4.46. The molecule has 0 bridgehead atoms. The number of benzene rings is 2. The number of methoxy groups -OCH3 is 1. The summed E-state index contributed by atoms with van der Waals surface area (Å²) in [6.07, 6.45) is 0.492. The predicted octanol–water partition coefficient (Wildman–Crippen LogP) is 5.02. The van der Waals surface area contributed by atoms with Gasteiger partial charge in [0.15, 0.2) is 23.7 Å². The summed E-state index contributed by atoms with van der Waals surface area (Å²) in [5, 5.41) is 3.23. The van der Waals surface area contributed by atoms with Crippen LogP contribution in [0.1, 0.15) is 16.1 Å². The van der Waals surface area contributed by atoms with E-state index in [-0.39, 0.29) is 38.7 Å². The van der Waals surface area contributed by atoms with Crippen LogP contribution >= 0.6 is 23.2 Å². The van der Waals surface area contributed by atoms with Crippen molar-refractivity contribution in [3.8, 4) is 17.1 Å². The maximum absolute atomic E-state index is 14.7. The SMILES string of the molecule is COc1c(Cl)ccc(-c2nc(C=O)c(Cl)c(NCc3ccccc3)n2)c1F. The van der Waals surface area contributed by atoms with Crippen molar-refractivity contribution in [2.75, 3.05) is 12.4 Å². The van der Waals surface area contributed by atoms with Crippen LogP contribution in [0.15, 0.2) is 42.5 Å². The molecule has 0 aliphatic heterocycles. The Morgan fingerprint density at radius 1 is 1.15 bits per heavy atom. The number of hydrogen-bond acceptors (Lipinski definition) is 5. The van der Waals surface area contributed by atoms with Crippen LogP contribution in [0.25, 0.3) is 11.4 Å². The van der Waals surface area contributed by atoms with Crippen LogP contribution in [0.5, 0.6) is 5.75 Å². The molecule has 3 rings (SSSR count). The lowest BCUT2D eigenvalue weighted by molar-refractivity contribution is 0.111. The first-order chi connectivity index (χ1) is 13.0. The molecule has 0 atom stereocenters. The Kier molecular flexibility index (Phi) is 5.88. The molecule has 1 N–H and O–H groups in total. The predicted molar refractivity (Wildman–Crippen MR) is 103 cm³/mol. The molecule has 0 spiro atoms. The maximum Gasteiger partial charge on any atom is 0.177 e. The van der Waals surface area contributed by atoms with Crippen molar-refractivity contribution in [1.29, 1.82) is 0 Å². The molecule has 0 amide bonds. The molecular weight excluding hydrogens is 392 g/mol. The highest BCUT2D eigenvalue weighted by Gasteiger charge is 2.19. The fraction of sp³-hybridized carbons (Fsp3) is 0.105. The van der Waals surface area contributed by atoms with Gasteiger partial charge in [0.05, 0.1) is 17.7 Å². The van der Waals surface area contributed by atoms with Gasteiger partial charge < -0.3 is 10.1 Å². The highest BCUT2D eigenvalue weighted by Crippen LogP contribution is 2.35. The summed E-state index contributed by atoms with van der Waals surface area (Å²) in [6, 6.07) is 12.4. The van der Waals surface area contributed by atoms with Crippen LogP contribution in [0.2, 0.25) is 10.0 Å². The second-order valence-corrected chi connectivity index (χ2v) is 6.28. The van der Waals surface area contributed by atoms with E-state index in [1.165, 1.54) is 19.2 Å². The molecule has 0 unspecified atom stereocenters. The average molecular weight is 406 g/mol. The first-order valence-corrected chi connectivity index (χ1v) is 8.63. The molecule has 1 heterocycles. The summed E-state index contributed by atoms with van der Waals surface area (Å²) in [7, 11) is 1.31. The molecule has 5 nitrogen and oxygen atoms in total. The van der Waals surface area contributed by atoms with E-state index in [1.807, 2.05) is 30.3 Å². The molecule has 1 aromatic heterocycles. The lowest BCUT2D eigenvalue weighted by Gasteiger charge is -2.12. The van der Waals surface area contributed by atoms with Gasteiger partial charge in [0.2, 0.25) is 0 Å². The lowest BCUT2D eigenvalue weighted by atomic mass is 10.1. The second-order valence-electron chi connectivity index (χ2n) is 5.49. The molecule has 0 aliphatic rings. The summed E-state index contributed by atoms with van der Waals surface area (Å²) in [4.78, 5) is 19.7. The molecule has 0 fully saturated rings. The van der Waals surface area contributed by atoms with Crippen molar-refractivity contribution < 1.29 is 13.9 Å². The zero-order valence-corrected chi connectivity index (χ0v) is 15.7. The van der Waals surface area contributed by atoms with Gasteiger partial charge in [-0.25, -0.2) is 14.4 Å². The van der Waals surface area contributed by atoms with Gasteiger partial charge in [0.1, 0.15) is 16.5 Å². The Balaban J connectivity index is 2.03. The second kappa shape index (κ2) is 8.33. The minimum Gasteiger partial charge on any atom is -0.492 e. The van der Waals surface area contributed by atoms with E-state index in [1.54, 1.807) is 0 Å². The normalized spacial score (nSPS) is 10.5. The zero-order chi connectivity index (χ0) is 19.4. The minimum absolute atomic E-state index is 0.00970. The van der Waals surface area contributed by atoms with Crippen molar-refractivity contribution in [3.05, 3.63) is 69.6 Å². The third kappa shape index (κ3) is 4.02. The van der Waals surface area contributed by atoms with Gasteiger partial charge in [-0.1, -0.05) is 53.5 Å². The van der Waals surface area contributed by atoms with E-state index in [0.29, 0.717) is 12.8 Å². The van der Waals surface area contributed by atoms with Crippen molar-refractivity contribution >= 4 is 35.3 Å². The number of carbonyl (C=O) groups is 1. The van der Waals surface area contributed by atoms with Crippen LogP contribution in [0.4, 0.5) is 10.2 Å².